The van der Waals surface area contributed by atoms with Gasteiger partial charge in [0.2, 0.25) is 5.91 Å². The highest BCUT2D eigenvalue weighted by Crippen LogP contribution is 2.26. The summed E-state index contributed by atoms with van der Waals surface area (Å²) in [4.78, 5) is 26.5. The normalized spacial score (nSPS) is 19.6. The second-order valence-corrected chi connectivity index (χ2v) is 21.4. The lowest BCUT2D eigenvalue weighted by molar-refractivity contribution is -0.305. The van der Waals surface area contributed by atoms with Crippen LogP contribution in [0.3, 0.4) is 0 Å². The predicted octanol–water partition coefficient (Wildman–Crippen LogP) is 14.6. The highest BCUT2D eigenvalue weighted by molar-refractivity contribution is 5.80. The van der Waals surface area contributed by atoms with E-state index in [0.717, 1.165) is 89.9 Å². The molecule has 0 aliphatic carbocycles. The summed E-state index contributed by atoms with van der Waals surface area (Å²) in [5.41, 5.74) is 0. The molecule has 1 amide bonds. The van der Waals surface area contributed by atoms with Gasteiger partial charge in [-0.1, -0.05) is 236 Å². The fourth-order valence-corrected chi connectivity index (χ4v) is 9.42. The molecule has 8 unspecified atom stereocenters. The van der Waals surface area contributed by atoms with Crippen LogP contribution in [0.25, 0.3) is 0 Å². The monoisotopic (exact) mass is 1060 g/mol. The van der Waals surface area contributed by atoms with E-state index in [0.29, 0.717) is 12.8 Å². The molecule has 0 bridgehead atoms. The van der Waals surface area contributed by atoms with Gasteiger partial charge >= 0.3 is 5.97 Å². The van der Waals surface area contributed by atoms with Crippen LogP contribution in [0.4, 0.5) is 0 Å². The minimum Gasteiger partial charge on any atom is -0.454 e. The first-order valence-corrected chi connectivity index (χ1v) is 31.1. The number of carbonyl (C=O) groups is 2. The summed E-state index contributed by atoms with van der Waals surface area (Å²) >= 11 is 0. The highest BCUT2D eigenvalue weighted by Gasteiger charge is 2.47. The van der Waals surface area contributed by atoms with Crippen LogP contribution in [0.2, 0.25) is 0 Å². The van der Waals surface area contributed by atoms with E-state index in [9.17, 15) is 35.1 Å². The fraction of sp³-hybridized carbons (Fsp3) is 0.812. The Morgan fingerprint density at radius 3 is 1.41 bits per heavy atom. The Morgan fingerprint density at radius 1 is 0.520 bits per heavy atom. The molecule has 1 aliphatic heterocycles. The zero-order valence-corrected chi connectivity index (χ0v) is 48.2. The maximum Gasteiger partial charge on any atom is 0.306 e. The number of nitrogens with one attached hydrogen (secondary N) is 1. The van der Waals surface area contributed by atoms with Crippen LogP contribution in [0.1, 0.15) is 271 Å². The Balaban J connectivity index is 2.72. The quantitative estimate of drug-likeness (QED) is 0.0195. The van der Waals surface area contributed by atoms with Crippen molar-refractivity contribution in [1.29, 1.82) is 0 Å². The maximum absolute atomic E-state index is 13.4. The van der Waals surface area contributed by atoms with E-state index in [1.54, 1.807) is 6.08 Å². The zero-order chi connectivity index (χ0) is 54.7. The molecule has 1 aliphatic rings. The molecule has 75 heavy (non-hydrogen) atoms. The number of unbranched alkanes of at least 4 members (excludes halogenated alkanes) is 30. The molecule has 0 aromatic carbocycles. The van der Waals surface area contributed by atoms with Crippen LogP contribution in [-0.2, 0) is 23.8 Å². The Labute approximate surface area is 458 Å². The Kier molecular flexibility index (Phi) is 48.9. The summed E-state index contributed by atoms with van der Waals surface area (Å²) < 4.78 is 17.6. The number of hydrogen-bond acceptors (Lipinski definition) is 10. The van der Waals surface area contributed by atoms with Gasteiger partial charge in [0, 0.05) is 6.42 Å². The van der Waals surface area contributed by atoms with Gasteiger partial charge in [-0.3, -0.25) is 9.59 Å². The van der Waals surface area contributed by atoms with E-state index in [2.05, 4.69) is 74.7 Å². The summed E-state index contributed by atoms with van der Waals surface area (Å²) in [5.74, 6) is -1.22. The van der Waals surface area contributed by atoms with Crippen LogP contribution in [-0.4, -0.2) is 99.6 Å². The van der Waals surface area contributed by atoms with Crippen LogP contribution in [0.15, 0.2) is 60.8 Å². The van der Waals surface area contributed by atoms with Crippen molar-refractivity contribution in [2.24, 2.45) is 0 Å². The third-order valence-electron chi connectivity index (χ3n) is 14.4. The van der Waals surface area contributed by atoms with Crippen LogP contribution in [0.5, 0.6) is 0 Å². The van der Waals surface area contributed by atoms with Crippen molar-refractivity contribution >= 4 is 11.9 Å². The Bertz CT molecular complexity index is 1450. The van der Waals surface area contributed by atoms with Gasteiger partial charge in [0.15, 0.2) is 12.4 Å². The largest absolute Gasteiger partial charge is 0.454 e. The number of aliphatic hydroxyl groups is 5. The van der Waals surface area contributed by atoms with Gasteiger partial charge in [-0.25, -0.2) is 0 Å². The second kappa shape index (κ2) is 52.1. The Hall–Kier alpha value is -2.64. The van der Waals surface area contributed by atoms with E-state index in [-0.39, 0.29) is 19.4 Å². The first kappa shape index (κ1) is 70.4. The van der Waals surface area contributed by atoms with Crippen molar-refractivity contribution in [3.05, 3.63) is 60.8 Å². The zero-order valence-electron chi connectivity index (χ0n) is 48.2. The van der Waals surface area contributed by atoms with Gasteiger partial charge in [-0.15, -0.1) is 0 Å². The molecule has 0 saturated carbocycles. The third kappa shape index (κ3) is 40.2. The lowest BCUT2D eigenvalue weighted by atomic mass is 9.99. The van der Waals surface area contributed by atoms with Gasteiger partial charge in [0.05, 0.1) is 25.4 Å². The van der Waals surface area contributed by atoms with E-state index in [1.807, 2.05) is 6.08 Å². The van der Waals surface area contributed by atoms with Gasteiger partial charge in [0.25, 0.3) is 0 Å². The second-order valence-electron chi connectivity index (χ2n) is 21.4. The lowest BCUT2D eigenvalue weighted by Crippen LogP contribution is -2.61. The number of amides is 1. The van der Waals surface area contributed by atoms with Crippen LogP contribution in [0, 0.1) is 0 Å². The molecule has 1 saturated heterocycles. The number of rotatable bonds is 52. The summed E-state index contributed by atoms with van der Waals surface area (Å²) in [7, 11) is 0. The van der Waals surface area contributed by atoms with Crippen molar-refractivity contribution in [2.45, 2.75) is 320 Å². The summed E-state index contributed by atoms with van der Waals surface area (Å²) in [6.45, 7) is 5.75. The van der Waals surface area contributed by atoms with Gasteiger partial charge in [-0.05, 0) is 89.9 Å². The minimum atomic E-state index is -1.62. The maximum atomic E-state index is 13.4. The molecule has 0 aromatic heterocycles. The smallest absolute Gasteiger partial charge is 0.306 e. The first-order chi connectivity index (χ1) is 36.7. The minimum absolute atomic E-state index is 0.115. The molecule has 1 heterocycles. The number of allylic oxidation sites excluding steroid dienone is 9. The van der Waals surface area contributed by atoms with E-state index >= 15 is 0 Å². The third-order valence-corrected chi connectivity index (χ3v) is 14.4. The van der Waals surface area contributed by atoms with Gasteiger partial charge < -0.3 is 45.1 Å². The SMILES string of the molecule is CCCCC/C=C\C/C=C\C/C=C\CCCCCC(O)C(=O)NC(COC1OC(CO)C(O)C(O)C1OC(=O)CCCCCCCCC/C=C/CCCCCCCC)C(O)/C=C/CCCCCCCCCCCCC. The topological polar surface area (TPSA) is 175 Å². The van der Waals surface area contributed by atoms with Crippen molar-refractivity contribution in [3.63, 3.8) is 0 Å². The van der Waals surface area contributed by atoms with Crippen LogP contribution < -0.4 is 5.32 Å². The molecule has 0 aromatic rings. The first-order valence-electron chi connectivity index (χ1n) is 31.1. The fourth-order valence-electron chi connectivity index (χ4n) is 9.42. The number of ether oxygens (including phenoxy) is 3. The van der Waals surface area contributed by atoms with Crippen molar-refractivity contribution < 1.29 is 49.3 Å². The molecular formula is C64H115NO10. The molecule has 436 valence electrons. The number of carbonyl (C=O) groups excluding carboxylic acids is 2. The average Bonchev–Trinajstić information content (AvgIpc) is 3.41. The summed E-state index contributed by atoms with van der Waals surface area (Å²) in [5, 5.41) is 56.9. The van der Waals surface area contributed by atoms with Crippen molar-refractivity contribution in [1.82, 2.24) is 5.32 Å². The molecule has 8 atom stereocenters. The summed E-state index contributed by atoms with van der Waals surface area (Å²) in [6.07, 6.45) is 53.9. The molecule has 6 N–H and O–H groups in total. The number of hydrogen-bond donors (Lipinski definition) is 6. The number of aliphatic hydroxyl groups excluding tert-OH is 5. The summed E-state index contributed by atoms with van der Waals surface area (Å²) in [6, 6.07) is -1.04. The molecule has 11 heteroatoms. The molecule has 11 nitrogen and oxygen atoms in total. The Morgan fingerprint density at radius 2 is 0.920 bits per heavy atom. The van der Waals surface area contributed by atoms with E-state index in [4.69, 9.17) is 14.2 Å². The van der Waals surface area contributed by atoms with Crippen molar-refractivity contribution in [2.75, 3.05) is 13.2 Å². The highest BCUT2D eigenvalue weighted by atomic mass is 16.7. The van der Waals surface area contributed by atoms with Crippen LogP contribution >= 0.6 is 0 Å². The van der Waals surface area contributed by atoms with E-state index < -0.39 is 67.4 Å². The molecular weight excluding hydrogens is 943 g/mol. The standard InChI is InChI=1S/C64H115NO10/c1-4-7-10-13-16-19-22-25-27-29-31-34-37-40-43-46-49-52-59(69)75-62-61(71)60(70)58(53-66)74-64(62)73-54-55(56(67)50-47-44-41-38-35-32-24-21-18-15-12-9-6-3)65-63(72)57(68)51-48-45-42-39-36-33-30-28-26-23-20-17-14-11-8-5-2/h17,20,25-28,33,36,47,50,55-58,60-62,64,66-68,70-71H,4-16,18-19,21-24,29-32,34-35,37-46,48-49,51-54H2,1-3H3,(H,65,72)/b20-17-,27-25+,28-26-,36-33-,50-47+. The van der Waals surface area contributed by atoms with Crippen molar-refractivity contribution in [3.8, 4) is 0 Å². The number of esters is 1. The van der Waals surface area contributed by atoms with Gasteiger partial charge in [-0.2, -0.15) is 0 Å². The van der Waals surface area contributed by atoms with E-state index in [1.165, 1.54) is 135 Å². The van der Waals surface area contributed by atoms with Gasteiger partial charge in [0.1, 0.15) is 24.4 Å². The predicted molar refractivity (Wildman–Crippen MR) is 310 cm³/mol. The molecule has 1 rings (SSSR count). The lowest BCUT2D eigenvalue weighted by Gasteiger charge is -2.41. The molecule has 0 spiro atoms. The molecule has 1 fully saturated rings. The molecule has 0 radical (unpaired) electrons. The average molecular weight is 1060 g/mol.